The SMILES string of the molecule is C=C(C)CN(CC)C(=O)c1cc([N+](=O)[O-])ccc1Br. The Morgan fingerprint density at radius 3 is 2.63 bits per heavy atom. The lowest BCUT2D eigenvalue weighted by Crippen LogP contribution is -2.32. The third kappa shape index (κ3) is 3.89. The first-order valence-corrected chi connectivity index (χ1v) is 6.53. The fourth-order valence-electron chi connectivity index (χ4n) is 1.61. The van der Waals surface area contributed by atoms with E-state index in [-0.39, 0.29) is 17.2 Å². The average molecular weight is 327 g/mol. The van der Waals surface area contributed by atoms with E-state index >= 15 is 0 Å². The molecule has 0 atom stereocenters. The number of nitro groups is 1. The molecule has 1 amide bonds. The standard InChI is InChI=1S/C13H15BrN2O3/c1-4-15(8-9(2)3)13(17)11-7-10(16(18)19)5-6-12(11)14/h5-7H,2,4,8H2,1,3H3. The molecule has 0 aromatic heterocycles. The van der Waals surface area contributed by atoms with Gasteiger partial charge in [0.25, 0.3) is 11.6 Å². The van der Waals surface area contributed by atoms with Crippen molar-refractivity contribution in [3.05, 3.63) is 50.5 Å². The minimum absolute atomic E-state index is 0.0991. The van der Waals surface area contributed by atoms with E-state index in [0.717, 1.165) is 5.57 Å². The van der Waals surface area contributed by atoms with Crippen molar-refractivity contribution < 1.29 is 9.72 Å². The largest absolute Gasteiger partial charge is 0.335 e. The summed E-state index contributed by atoms with van der Waals surface area (Å²) in [6.45, 7) is 8.41. The zero-order valence-corrected chi connectivity index (χ0v) is 12.4. The molecule has 0 fully saturated rings. The van der Waals surface area contributed by atoms with Gasteiger partial charge in [-0.3, -0.25) is 14.9 Å². The highest BCUT2D eigenvalue weighted by Gasteiger charge is 2.20. The number of benzene rings is 1. The van der Waals surface area contributed by atoms with Gasteiger partial charge in [-0.05, 0) is 35.8 Å². The van der Waals surface area contributed by atoms with Gasteiger partial charge in [-0.2, -0.15) is 0 Å². The summed E-state index contributed by atoms with van der Waals surface area (Å²) in [6.07, 6.45) is 0. The lowest BCUT2D eigenvalue weighted by molar-refractivity contribution is -0.384. The summed E-state index contributed by atoms with van der Waals surface area (Å²) in [5.41, 5.74) is 1.05. The second-order valence-electron chi connectivity index (χ2n) is 4.20. The molecular formula is C13H15BrN2O3. The number of nitro benzene ring substituents is 1. The van der Waals surface area contributed by atoms with Gasteiger partial charge in [0.05, 0.1) is 10.5 Å². The Kier molecular flexibility index (Phi) is 5.23. The predicted octanol–water partition coefficient (Wildman–Crippen LogP) is 3.40. The van der Waals surface area contributed by atoms with Crippen LogP contribution < -0.4 is 0 Å². The molecule has 0 saturated heterocycles. The highest BCUT2D eigenvalue weighted by Crippen LogP contribution is 2.24. The highest BCUT2D eigenvalue weighted by molar-refractivity contribution is 9.10. The summed E-state index contributed by atoms with van der Waals surface area (Å²) in [5.74, 6) is -0.249. The van der Waals surface area contributed by atoms with Crippen LogP contribution in [0.3, 0.4) is 0 Å². The van der Waals surface area contributed by atoms with Gasteiger partial charge in [-0.15, -0.1) is 0 Å². The molecule has 0 heterocycles. The molecule has 0 unspecified atom stereocenters. The first-order chi connectivity index (χ1) is 8.86. The van der Waals surface area contributed by atoms with Gasteiger partial charge in [-0.25, -0.2) is 0 Å². The molecule has 0 aliphatic rings. The van der Waals surface area contributed by atoms with Gasteiger partial charge in [0.2, 0.25) is 0 Å². The monoisotopic (exact) mass is 326 g/mol. The minimum Gasteiger partial charge on any atom is -0.335 e. The Labute approximate surface area is 120 Å². The molecule has 1 aromatic carbocycles. The summed E-state index contributed by atoms with van der Waals surface area (Å²) < 4.78 is 0.545. The molecule has 19 heavy (non-hydrogen) atoms. The topological polar surface area (TPSA) is 63.5 Å². The van der Waals surface area contributed by atoms with Crippen molar-refractivity contribution >= 4 is 27.5 Å². The molecule has 0 saturated carbocycles. The summed E-state index contributed by atoms with van der Waals surface area (Å²) >= 11 is 3.25. The lowest BCUT2D eigenvalue weighted by atomic mass is 10.1. The van der Waals surface area contributed by atoms with Crippen LogP contribution in [0.25, 0.3) is 0 Å². The van der Waals surface area contributed by atoms with Crippen LogP contribution in [-0.2, 0) is 0 Å². The second-order valence-corrected chi connectivity index (χ2v) is 5.05. The van der Waals surface area contributed by atoms with Crippen LogP contribution in [-0.4, -0.2) is 28.8 Å². The summed E-state index contributed by atoms with van der Waals surface area (Å²) in [4.78, 5) is 24.2. The highest BCUT2D eigenvalue weighted by atomic mass is 79.9. The summed E-state index contributed by atoms with van der Waals surface area (Å²) in [6, 6.07) is 4.16. The maximum absolute atomic E-state index is 12.3. The van der Waals surface area contributed by atoms with Crippen molar-refractivity contribution in [3.8, 4) is 0 Å². The first kappa shape index (κ1) is 15.4. The van der Waals surface area contributed by atoms with Crippen LogP contribution in [0.15, 0.2) is 34.8 Å². The van der Waals surface area contributed by atoms with E-state index in [0.29, 0.717) is 17.6 Å². The Morgan fingerprint density at radius 1 is 1.53 bits per heavy atom. The van der Waals surface area contributed by atoms with Crippen molar-refractivity contribution in [2.24, 2.45) is 0 Å². The third-order valence-corrected chi connectivity index (χ3v) is 3.21. The van der Waals surface area contributed by atoms with Crippen molar-refractivity contribution in [1.82, 2.24) is 4.90 Å². The van der Waals surface area contributed by atoms with E-state index in [9.17, 15) is 14.9 Å². The first-order valence-electron chi connectivity index (χ1n) is 5.74. The van der Waals surface area contributed by atoms with Crippen molar-refractivity contribution in [3.63, 3.8) is 0 Å². The Balaban J connectivity index is 3.13. The van der Waals surface area contributed by atoms with Crippen molar-refractivity contribution in [2.75, 3.05) is 13.1 Å². The number of hydrogen-bond acceptors (Lipinski definition) is 3. The molecule has 1 rings (SSSR count). The smallest absolute Gasteiger partial charge is 0.270 e. The minimum atomic E-state index is -0.516. The zero-order valence-electron chi connectivity index (χ0n) is 10.9. The molecule has 102 valence electrons. The Morgan fingerprint density at radius 2 is 2.16 bits per heavy atom. The number of carbonyl (C=O) groups excluding carboxylic acids is 1. The molecule has 0 aliphatic carbocycles. The van der Waals surface area contributed by atoms with E-state index in [2.05, 4.69) is 22.5 Å². The fraction of sp³-hybridized carbons (Fsp3) is 0.308. The van der Waals surface area contributed by atoms with Gasteiger partial charge in [0, 0.05) is 29.7 Å². The van der Waals surface area contributed by atoms with Crippen molar-refractivity contribution in [2.45, 2.75) is 13.8 Å². The number of likely N-dealkylation sites (N-methyl/N-ethyl adjacent to an activating group) is 1. The van der Waals surface area contributed by atoms with Gasteiger partial charge < -0.3 is 4.90 Å². The fourth-order valence-corrected chi connectivity index (χ4v) is 2.03. The van der Waals surface area contributed by atoms with Crippen molar-refractivity contribution in [1.29, 1.82) is 0 Å². The number of amides is 1. The Bertz CT molecular complexity index is 529. The zero-order chi connectivity index (χ0) is 14.6. The molecule has 0 N–H and O–H groups in total. The molecule has 6 heteroatoms. The van der Waals surface area contributed by atoms with E-state index in [1.807, 2.05) is 13.8 Å². The second kappa shape index (κ2) is 6.47. The van der Waals surface area contributed by atoms with Crippen LogP contribution in [0.2, 0.25) is 0 Å². The summed E-state index contributed by atoms with van der Waals surface area (Å²) in [5, 5.41) is 10.8. The maximum atomic E-state index is 12.3. The van der Waals surface area contributed by atoms with E-state index in [4.69, 9.17) is 0 Å². The normalized spacial score (nSPS) is 10.1. The van der Waals surface area contributed by atoms with Crippen LogP contribution in [0.5, 0.6) is 0 Å². The van der Waals surface area contributed by atoms with Gasteiger partial charge in [-0.1, -0.05) is 12.2 Å². The van der Waals surface area contributed by atoms with Crippen LogP contribution in [0.4, 0.5) is 5.69 Å². The van der Waals surface area contributed by atoms with Gasteiger partial charge in [0.15, 0.2) is 0 Å². The summed E-state index contributed by atoms with van der Waals surface area (Å²) in [7, 11) is 0. The number of carbonyl (C=O) groups is 1. The van der Waals surface area contributed by atoms with E-state index in [1.54, 1.807) is 4.90 Å². The third-order valence-electron chi connectivity index (χ3n) is 2.52. The van der Waals surface area contributed by atoms with Crippen LogP contribution >= 0.6 is 15.9 Å². The predicted molar refractivity (Wildman–Crippen MR) is 77.2 cm³/mol. The van der Waals surface area contributed by atoms with E-state index in [1.165, 1.54) is 18.2 Å². The number of non-ortho nitro benzene ring substituents is 1. The van der Waals surface area contributed by atoms with E-state index < -0.39 is 4.92 Å². The van der Waals surface area contributed by atoms with Gasteiger partial charge in [0.1, 0.15) is 0 Å². The molecule has 0 radical (unpaired) electrons. The molecule has 1 aromatic rings. The number of hydrogen-bond donors (Lipinski definition) is 0. The molecule has 0 aliphatic heterocycles. The quantitative estimate of drug-likeness (QED) is 0.473. The molecular weight excluding hydrogens is 312 g/mol. The number of nitrogens with zero attached hydrogens (tertiary/aromatic N) is 2. The lowest BCUT2D eigenvalue weighted by Gasteiger charge is -2.21. The average Bonchev–Trinajstić information content (AvgIpc) is 2.35. The van der Waals surface area contributed by atoms with Gasteiger partial charge >= 0.3 is 0 Å². The molecule has 0 bridgehead atoms. The molecule has 5 nitrogen and oxygen atoms in total. The number of halogens is 1. The molecule has 0 spiro atoms. The van der Waals surface area contributed by atoms with Crippen LogP contribution in [0, 0.1) is 10.1 Å². The maximum Gasteiger partial charge on any atom is 0.270 e. The number of rotatable bonds is 5. The Hall–Kier alpha value is -1.69. The van der Waals surface area contributed by atoms with Crippen LogP contribution in [0.1, 0.15) is 24.2 Å².